The average molecular weight is 582 g/mol. The lowest BCUT2D eigenvalue weighted by Gasteiger charge is -2.40. The largest absolute Gasteiger partial charge is 0.477 e. The van der Waals surface area contributed by atoms with E-state index in [1.165, 1.54) is 6.92 Å². The van der Waals surface area contributed by atoms with Crippen molar-refractivity contribution in [2.45, 2.75) is 61.9 Å². The van der Waals surface area contributed by atoms with Crippen LogP contribution in [0.15, 0.2) is 16.8 Å². The summed E-state index contributed by atoms with van der Waals surface area (Å²) in [5, 5.41) is 71.8. The van der Waals surface area contributed by atoms with Crippen LogP contribution in [0.5, 0.6) is 0 Å². The highest BCUT2D eigenvalue weighted by molar-refractivity contribution is 5.85. The Bertz CT molecular complexity index is 945. The maximum atomic E-state index is 12.6. The van der Waals surface area contributed by atoms with Gasteiger partial charge in [0, 0.05) is 19.1 Å². The maximum Gasteiger partial charge on any atom is 0.407 e. The lowest BCUT2D eigenvalue weighted by molar-refractivity contribution is -0.300. The number of carbonyl (C=O) groups excluding carboxylic acids is 1. The van der Waals surface area contributed by atoms with E-state index < -0.39 is 104 Å². The number of aliphatic carboxylic acids is 1. The average Bonchev–Trinajstić information content (AvgIpc) is 2.89. The number of hydrogen-bond acceptors (Lipinski definition) is 13. The second-order valence-electron chi connectivity index (χ2n) is 8.96. The van der Waals surface area contributed by atoms with Crippen molar-refractivity contribution in [1.82, 2.24) is 10.6 Å². The van der Waals surface area contributed by atoms with Crippen LogP contribution in [0.2, 0.25) is 0 Å². The molecule has 19 nitrogen and oxygen atoms in total. The Kier molecular flexibility index (Phi) is 12.1. The number of guanidine groups is 1. The lowest BCUT2D eigenvalue weighted by Crippen LogP contribution is -2.60. The monoisotopic (exact) mass is 581 g/mol. The summed E-state index contributed by atoms with van der Waals surface area (Å²) in [4.78, 5) is 39.6. The van der Waals surface area contributed by atoms with Gasteiger partial charge in [-0.2, -0.15) is 0 Å². The molecule has 0 aliphatic carbocycles. The van der Waals surface area contributed by atoms with Crippen LogP contribution >= 0.6 is 0 Å². The Hall–Kier alpha value is -3.46. The molecule has 0 aromatic rings. The van der Waals surface area contributed by atoms with Gasteiger partial charge in [-0.15, -0.1) is 0 Å². The van der Waals surface area contributed by atoms with Crippen molar-refractivity contribution in [1.29, 1.82) is 0 Å². The summed E-state index contributed by atoms with van der Waals surface area (Å²) in [6.07, 6.45) is -12.2. The SMILES string of the molecule is C[C@H](CO)[C@@H](OC(=O)NCCO[C@@H]1O[C@@H](CO)[C@H](O)[C@@H](O)[C@H]1O)[C@@H]1OC(C(=O)O)=C[C@H](N=C(N)N)[C@H]1NC(=O)O. The first kappa shape index (κ1) is 32.8. The van der Waals surface area contributed by atoms with E-state index in [1.807, 2.05) is 0 Å². The molecule has 0 saturated carbocycles. The van der Waals surface area contributed by atoms with Crippen molar-refractivity contribution >= 4 is 24.1 Å². The van der Waals surface area contributed by atoms with Crippen molar-refractivity contribution in [2.24, 2.45) is 22.4 Å². The van der Waals surface area contributed by atoms with Crippen LogP contribution in [0.1, 0.15) is 6.92 Å². The number of carboxylic acid groups (broad SMARTS) is 2. The fraction of sp³-hybridized carbons (Fsp3) is 0.714. The van der Waals surface area contributed by atoms with Crippen LogP contribution in [0.4, 0.5) is 9.59 Å². The van der Waals surface area contributed by atoms with Gasteiger partial charge in [0.1, 0.15) is 30.5 Å². The summed E-state index contributed by atoms with van der Waals surface area (Å²) < 4.78 is 21.3. The summed E-state index contributed by atoms with van der Waals surface area (Å²) >= 11 is 0. The Morgan fingerprint density at radius 2 is 1.80 bits per heavy atom. The predicted octanol–water partition coefficient (Wildman–Crippen LogP) is -4.83. The molecule has 0 radical (unpaired) electrons. The normalized spacial score (nSPS) is 31.5. The van der Waals surface area contributed by atoms with E-state index in [2.05, 4.69) is 15.6 Å². The van der Waals surface area contributed by atoms with Crippen LogP contribution in [-0.2, 0) is 23.7 Å². The van der Waals surface area contributed by atoms with Crippen LogP contribution in [0.3, 0.4) is 0 Å². The highest BCUT2D eigenvalue weighted by Gasteiger charge is 2.46. The Morgan fingerprint density at radius 1 is 1.12 bits per heavy atom. The third kappa shape index (κ3) is 8.52. The number of nitrogens with zero attached hydrogens (tertiary/aromatic N) is 1. The molecule has 0 unspecified atom stereocenters. The zero-order chi connectivity index (χ0) is 30.1. The van der Waals surface area contributed by atoms with E-state index in [9.17, 15) is 50.1 Å². The molecule has 0 spiro atoms. The van der Waals surface area contributed by atoms with E-state index in [4.69, 9.17) is 30.4 Å². The number of carbonyl (C=O) groups is 3. The first-order valence-corrected chi connectivity index (χ1v) is 12.0. The van der Waals surface area contributed by atoms with Crippen LogP contribution < -0.4 is 22.1 Å². The van der Waals surface area contributed by atoms with E-state index in [-0.39, 0.29) is 13.2 Å². The van der Waals surface area contributed by atoms with Crippen molar-refractivity contribution in [3.05, 3.63) is 11.8 Å². The molecule has 1 fully saturated rings. The van der Waals surface area contributed by atoms with Gasteiger partial charge in [0.15, 0.2) is 18.4 Å². The second-order valence-corrected chi connectivity index (χ2v) is 8.96. The smallest absolute Gasteiger partial charge is 0.407 e. The molecule has 0 aromatic heterocycles. The molecule has 2 heterocycles. The molecule has 2 amide bonds. The molecule has 228 valence electrons. The zero-order valence-corrected chi connectivity index (χ0v) is 21.3. The van der Waals surface area contributed by atoms with Gasteiger partial charge in [0.25, 0.3) is 0 Å². The highest BCUT2D eigenvalue weighted by atomic mass is 16.7. The molecule has 13 N–H and O–H groups in total. The number of aliphatic imine (C=N–C) groups is 1. The summed E-state index contributed by atoms with van der Waals surface area (Å²) in [6, 6.07) is -2.64. The van der Waals surface area contributed by atoms with Crippen LogP contribution in [0, 0.1) is 5.92 Å². The minimum atomic E-state index is -1.66. The van der Waals surface area contributed by atoms with Crippen molar-refractivity contribution in [3.63, 3.8) is 0 Å². The molecule has 2 aliphatic rings. The van der Waals surface area contributed by atoms with Crippen molar-refractivity contribution < 1.29 is 69.1 Å². The Labute approximate surface area is 227 Å². The number of alkyl carbamates (subject to hydrolysis) is 1. The molecule has 10 atom stereocenters. The fourth-order valence-corrected chi connectivity index (χ4v) is 4.01. The van der Waals surface area contributed by atoms with Crippen molar-refractivity contribution in [3.8, 4) is 0 Å². The first-order valence-electron chi connectivity index (χ1n) is 12.0. The number of amides is 2. The standard InChI is InChI=1S/C21H35N5O14/c1-7(5-27)15(16-11(26-20(34)35)8(25-19(22)23)4-9(38-16)17(32)33)40-21(36)24-2-3-37-18-14(31)13(30)12(29)10(6-28)39-18/h4,7-8,10-16,18,26-31H,2-3,5-6H2,1H3,(H,24,36)(H,32,33)(H,34,35)(H4,22,23,25)/t7-,8+,10+,11-,12+,13-,14-,15-,16-,18-/m1/s1. The van der Waals surface area contributed by atoms with E-state index in [1.54, 1.807) is 0 Å². The number of hydrogen-bond donors (Lipinski definition) is 11. The number of carboxylic acids is 1. The third-order valence-electron chi connectivity index (χ3n) is 6.02. The topological polar surface area (TPSA) is 318 Å². The first-order chi connectivity index (χ1) is 18.8. The highest BCUT2D eigenvalue weighted by Crippen LogP contribution is 2.28. The molecule has 19 heteroatoms. The van der Waals surface area contributed by atoms with E-state index in [0.29, 0.717) is 0 Å². The molecule has 40 heavy (non-hydrogen) atoms. The molecule has 2 rings (SSSR count). The minimum absolute atomic E-state index is 0.257. The second kappa shape index (κ2) is 14.8. The molecule has 2 aliphatic heterocycles. The zero-order valence-electron chi connectivity index (χ0n) is 21.3. The number of aliphatic hydroxyl groups excluding tert-OH is 5. The Morgan fingerprint density at radius 3 is 2.35 bits per heavy atom. The van der Waals surface area contributed by atoms with Gasteiger partial charge >= 0.3 is 18.2 Å². The quantitative estimate of drug-likeness (QED) is 0.0584. The molecular formula is C21H35N5O14. The molecule has 0 bridgehead atoms. The number of aliphatic hydroxyl groups is 5. The third-order valence-corrected chi connectivity index (χ3v) is 6.02. The molecule has 0 aromatic carbocycles. The van der Waals surface area contributed by atoms with Gasteiger partial charge in [0.05, 0.1) is 25.3 Å². The predicted molar refractivity (Wildman–Crippen MR) is 129 cm³/mol. The van der Waals surface area contributed by atoms with Gasteiger partial charge in [0.2, 0.25) is 5.76 Å². The van der Waals surface area contributed by atoms with Gasteiger partial charge < -0.3 is 76.8 Å². The van der Waals surface area contributed by atoms with Gasteiger partial charge in [-0.3, -0.25) is 0 Å². The fourth-order valence-electron chi connectivity index (χ4n) is 4.01. The minimum Gasteiger partial charge on any atom is -0.477 e. The summed E-state index contributed by atoms with van der Waals surface area (Å²) in [6.45, 7) is -0.386. The number of ether oxygens (including phenoxy) is 4. The lowest BCUT2D eigenvalue weighted by atomic mass is 9.89. The summed E-state index contributed by atoms with van der Waals surface area (Å²) in [5.74, 6) is -3.60. The number of nitrogens with two attached hydrogens (primary N) is 2. The summed E-state index contributed by atoms with van der Waals surface area (Å²) in [7, 11) is 0. The summed E-state index contributed by atoms with van der Waals surface area (Å²) in [5.41, 5.74) is 10.8. The maximum absolute atomic E-state index is 12.6. The van der Waals surface area contributed by atoms with Crippen molar-refractivity contribution in [2.75, 3.05) is 26.4 Å². The van der Waals surface area contributed by atoms with E-state index in [0.717, 1.165) is 6.08 Å². The molecular weight excluding hydrogens is 546 g/mol. The number of rotatable bonds is 12. The van der Waals surface area contributed by atoms with Gasteiger partial charge in [-0.25, -0.2) is 19.4 Å². The van der Waals surface area contributed by atoms with Gasteiger partial charge in [-0.1, -0.05) is 6.92 Å². The molecule has 1 saturated heterocycles. The van der Waals surface area contributed by atoms with Gasteiger partial charge in [-0.05, 0) is 6.08 Å². The van der Waals surface area contributed by atoms with E-state index >= 15 is 0 Å². The Balaban J connectivity index is 2.12. The number of nitrogens with one attached hydrogen (secondary N) is 2. The van der Waals surface area contributed by atoms with Crippen LogP contribution in [0.25, 0.3) is 0 Å². The van der Waals surface area contributed by atoms with Crippen LogP contribution in [-0.4, -0.2) is 141 Å².